The molecule has 0 fully saturated rings. The number of amides is 1. The number of halogens is 1. The van der Waals surface area contributed by atoms with Gasteiger partial charge in [-0.15, -0.1) is 0 Å². The number of methoxy groups -OCH3 is 1. The van der Waals surface area contributed by atoms with Crippen molar-refractivity contribution in [2.75, 3.05) is 20.3 Å². The van der Waals surface area contributed by atoms with Gasteiger partial charge in [-0.2, -0.15) is 0 Å². The van der Waals surface area contributed by atoms with Crippen molar-refractivity contribution in [1.82, 2.24) is 14.9 Å². The Morgan fingerprint density at radius 3 is 3.09 bits per heavy atom. The van der Waals surface area contributed by atoms with Crippen molar-refractivity contribution in [3.8, 4) is 5.75 Å². The molecule has 1 heterocycles. The zero-order valence-corrected chi connectivity index (χ0v) is 13.0. The van der Waals surface area contributed by atoms with E-state index in [4.69, 9.17) is 21.1 Å². The van der Waals surface area contributed by atoms with Gasteiger partial charge in [-0.3, -0.25) is 4.79 Å². The predicted molar refractivity (Wildman–Crippen MR) is 82.9 cm³/mol. The van der Waals surface area contributed by atoms with E-state index in [0.717, 1.165) is 5.69 Å². The van der Waals surface area contributed by atoms with E-state index in [2.05, 4.69) is 10.3 Å². The minimum atomic E-state index is -0.209. The van der Waals surface area contributed by atoms with E-state index in [0.29, 0.717) is 30.5 Å². The molecule has 1 amide bonds. The van der Waals surface area contributed by atoms with Gasteiger partial charge in [0, 0.05) is 24.9 Å². The van der Waals surface area contributed by atoms with Crippen LogP contribution in [-0.2, 0) is 22.6 Å². The average Bonchev–Trinajstić information content (AvgIpc) is 2.96. The van der Waals surface area contributed by atoms with Crippen LogP contribution in [0.25, 0.3) is 0 Å². The average molecular weight is 324 g/mol. The van der Waals surface area contributed by atoms with Gasteiger partial charge in [-0.05, 0) is 18.2 Å². The third-order valence-corrected chi connectivity index (χ3v) is 3.20. The van der Waals surface area contributed by atoms with Gasteiger partial charge in [0.2, 0.25) is 0 Å². The lowest BCUT2D eigenvalue weighted by Gasteiger charge is -2.10. The minimum Gasteiger partial charge on any atom is -0.484 e. The van der Waals surface area contributed by atoms with Crippen molar-refractivity contribution in [3.05, 3.63) is 47.5 Å². The van der Waals surface area contributed by atoms with Crippen molar-refractivity contribution >= 4 is 17.5 Å². The highest BCUT2D eigenvalue weighted by Crippen LogP contribution is 2.16. The Morgan fingerprint density at radius 2 is 2.32 bits per heavy atom. The quantitative estimate of drug-likeness (QED) is 0.805. The van der Waals surface area contributed by atoms with Crippen LogP contribution in [0, 0.1) is 0 Å². The standard InChI is InChI=1S/C15H18ClN3O3/c1-21-6-5-19-11-17-8-13(19)9-18-15(20)10-22-14-4-2-3-12(16)7-14/h2-4,7-8,11H,5-6,9-10H2,1H3,(H,18,20). The first-order chi connectivity index (χ1) is 10.7. The Kier molecular flexibility index (Phi) is 6.24. The third-order valence-electron chi connectivity index (χ3n) is 2.97. The fourth-order valence-electron chi connectivity index (χ4n) is 1.83. The zero-order chi connectivity index (χ0) is 15.8. The number of nitrogens with one attached hydrogen (secondary N) is 1. The maximum atomic E-state index is 11.8. The van der Waals surface area contributed by atoms with Crippen LogP contribution in [0.1, 0.15) is 5.69 Å². The van der Waals surface area contributed by atoms with Gasteiger partial charge >= 0.3 is 0 Å². The van der Waals surface area contributed by atoms with Crippen LogP contribution >= 0.6 is 11.6 Å². The number of carbonyl (C=O) groups excluding carboxylic acids is 1. The molecule has 0 saturated heterocycles. The number of carbonyl (C=O) groups is 1. The molecule has 0 unspecified atom stereocenters. The van der Waals surface area contributed by atoms with Crippen molar-refractivity contribution < 1.29 is 14.3 Å². The van der Waals surface area contributed by atoms with Gasteiger partial charge in [0.05, 0.1) is 25.2 Å². The number of imidazole rings is 1. The highest BCUT2D eigenvalue weighted by atomic mass is 35.5. The Balaban J connectivity index is 1.77. The summed E-state index contributed by atoms with van der Waals surface area (Å²) in [7, 11) is 1.64. The first-order valence-corrected chi connectivity index (χ1v) is 7.20. The van der Waals surface area contributed by atoms with Gasteiger partial charge in [-0.25, -0.2) is 4.98 Å². The molecule has 0 radical (unpaired) electrons. The first kappa shape index (κ1) is 16.3. The topological polar surface area (TPSA) is 65.4 Å². The Hall–Kier alpha value is -2.05. The maximum Gasteiger partial charge on any atom is 0.258 e. The van der Waals surface area contributed by atoms with Crippen molar-refractivity contribution in [1.29, 1.82) is 0 Å². The van der Waals surface area contributed by atoms with E-state index in [-0.39, 0.29) is 12.5 Å². The van der Waals surface area contributed by atoms with Crippen LogP contribution in [-0.4, -0.2) is 35.8 Å². The van der Waals surface area contributed by atoms with Crippen molar-refractivity contribution in [3.63, 3.8) is 0 Å². The molecular formula is C15H18ClN3O3. The van der Waals surface area contributed by atoms with Gasteiger partial charge in [0.25, 0.3) is 5.91 Å². The summed E-state index contributed by atoms with van der Waals surface area (Å²) in [6.45, 7) is 1.61. The highest BCUT2D eigenvalue weighted by Gasteiger charge is 2.06. The molecule has 6 nitrogen and oxygen atoms in total. The molecule has 0 bridgehead atoms. The molecule has 118 valence electrons. The molecule has 0 aliphatic heterocycles. The highest BCUT2D eigenvalue weighted by molar-refractivity contribution is 6.30. The molecule has 2 aromatic rings. The molecule has 0 aliphatic carbocycles. The van der Waals surface area contributed by atoms with Gasteiger partial charge < -0.3 is 19.4 Å². The van der Waals surface area contributed by atoms with Crippen LogP contribution in [0.2, 0.25) is 5.02 Å². The van der Waals surface area contributed by atoms with E-state index in [1.165, 1.54) is 0 Å². The van der Waals surface area contributed by atoms with Gasteiger partial charge in [0.15, 0.2) is 6.61 Å². The first-order valence-electron chi connectivity index (χ1n) is 6.82. The molecular weight excluding hydrogens is 306 g/mol. The molecule has 0 aliphatic rings. The summed E-state index contributed by atoms with van der Waals surface area (Å²) >= 11 is 5.85. The predicted octanol–water partition coefficient (Wildman–Crippen LogP) is 1.88. The fourth-order valence-corrected chi connectivity index (χ4v) is 2.01. The summed E-state index contributed by atoms with van der Waals surface area (Å²) in [6.07, 6.45) is 3.43. The lowest BCUT2D eigenvalue weighted by Crippen LogP contribution is -2.29. The molecule has 0 spiro atoms. The second-order valence-corrected chi connectivity index (χ2v) is 5.03. The lowest BCUT2D eigenvalue weighted by atomic mass is 10.3. The smallest absolute Gasteiger partial charge is 0.258 e. The summed E-state index contributed by atoms with van der Waals surface area (Å²) in [5.74, 6) is 0.354. The number of ether oxygens (including phenoxy) is 2. The molecule has 1 aromatic heterocycles. The molecule has 22 heavy (non-hydrogen) atoms. The Bertz CT molecular complexity index is 616. The number of aromatic nitrogens is 2. The summed E-state index contributed by atoms with van der Waals surface area (Å²) in [5.41, 5.74) is 0.910. The van der Waals surface area contributed by atoms with Crippen molar-refractivity contribution in [2.24, 2.45) is 0 Å². The van der Waals surface area contributed by atoms with Gasteiger partial charge in [-0.1, -0.05) is 17.7 Å². The lowest BCUT2D eigenvalue weighted by molar-refractivity contribution is -0.123. The monoisotopic (exact) mass is 323 g/mol. The van der Waals surface area contributed by atoms with Crippen LogP contribution in [0.3, 0.4) is 0 Å². The summed E-state index contributed by atoms with van der Waals surface area (Å²) in [5, 5.41) is 3.36. The normalized spacial score (nSPS) is 10.5. The van der Waals surface area contributed by atoms with Crippen LogP contribution in [0.15, 0.2) is 36.8 Å². The number of hydrogen-bond donors (Lipinski definition) is 1. The number of hydrogen-bond acceptors (Lipinski definition) is 4. The van der Waals surface area contributed by atoms with E-state index in [1.807, 2.05) is 4.57 Å². The SMILES string of the molecule is COCCn1cncc1CNC(=O)COc1cccc(Cl)c1. The summed E-state index contributed by atoms with van der Waals surface area (Å²) in [6, 6.07) is 6.92. The second kappa shape index (κ2) is 8.41. The van der Waals surface area contributed by atoms with Gasteiger partial charge in [0.1, 0.15) is 5.75 Å². The van der Waals surface area contributed by atoms with E-state index in [9.17, 15) is 4.79 Å². The molecule has 1 N–H and O–H groups in total. The van der Waals surface area contributed by atoms with Crippen LogP contribution in [0.4, 0.5) is 0 Å². The Morgan fingerprint density at radius 1 is 1.45 bits per heavy atom. The molecule has 7 heteroatoms. The van der Waals surface area contributed by atoms with Crippen LogP contribution < -0.4 is 10.1 Å². The largest absolute Gasteiger partial charge is 0.484 e. The Labute approximate surface area is 134 Å². The number of benzene rings is 1. The molecule has 0 atom stereocenters. The van der Waals surface area contributed by atoms with E-state index in [1.54, 1.807) is 43.9 Å². The number of rotatable bonds is 8. The van der Waals surface area contributed by atoms with E-state index < -0.39 is 0 Å². The third kappa shape index (κ3) is 5.05. The van der Waals surface area contributed by atoms with Crippen LogP contribution in [0.5, 0.6) is 5.75 Å². The zero-order valence-electron chi connectivity index (χ0n) is 12.3. The fraction of sp³-hybridized carbons (Fsp3) is 0.333. The van der Waals surface area contributed by atoms with Crippen molar-refractivity contribution in [2.45, 2.75) is 13.1 Å². The molecule has 1 aromatic carbocycles. The second-order valence-electron chi connectivity index (χ2n) is 4.59. The maximum absolute atomic E-state index is 11.8. The number of nitrogens with zero attached hydrogens (tertiary/aromatic N) is 2. The minimum absolute atomic E-state index is 0.0629. The summed E-state index contributed by atoms with van der Waals surface area (Å²) in [4.78, 5) is 15.9. The summed E-state index contributed by atoms with van der Waals surface area (Å²) < 4.78 is 12.3. The molecule has 0 saturated carbocycles. The van der Waals surface area contributed by atoms with E-state index >= 15 is 0 Å². The molecule has 2 rings (SSSR count).